The van der Waals surface area contributed by atoms with Crippen molar-refractivity contribution in [3.05, 3.63) is 12.2 Å². The fraction of sp³-hybridized carbons (Fsp3) is 0.923. The normalized spacial score (nSPS) is 11.9. The van der Waals surface area contributed by atoms with Crippen molar-refractivity contribution in [3.63, 3.8) is 0 Å². The van der Waals surface area contributed by atoms with Gasteiger partial charge in [-0.15, -0.1) is 0 Å². The van der Waals surface area contributed by atoms with E-state index < -0.39 is 0 Å². The van der Waals surface area contributed by atoms with Crippen LogP contribution in [0, 0.1) is 0 Å². The molecule has 0 heterocycles. The second-order valence-electron chi connectivity index (χ2n) is 8.33. The van der Waals surface area contributed by atoms with E-state index in [0.717, 1.165) is 32.5 Å². The molecular weight excluding hydrogens is 360 g/mol. The van der Waals surface area contributed by atoms with Gasteiger partial charge in [-0.1, -0.05) is 96.6 Å². The monoisotopic (exact) mass is 412 g/mol. The maximum absolute atomic E-state index is 8.74. The van der Waals surface area contributed by atoms with E-state index >= 15 is 0 Å². The van der Waals surface area contributed by atoms with Crippen LogP contribution in [0.1, 0.15) is 129 Å². The summed E-state index contributed by atoms with van der Waals surface area (Å²) >= 11 is 0. The number of aliphatic hydroxyl groups is 1. The van der Waals surface area contributed by atoms with Crippen molar-refractivity contribution < 1.29 is 14.6 Å². The predicted molar refractivity (Wildman–Crippen MR) is 126 cm³/mol. The van der Waals surface area contributed by atoms with Crippen LogP contribution in [0.15, 0.2) is 12.2 Å². The lowest BCUT2D eigenvalue weighted by atomic mass is 10.1. The lowest BCUT2D eigenvalue weighted by molar-refractivity contribution is -0.148. The summed E-state index contributed by atoms with van der Waals surface area (Å²) in [5, 5.41) is 8.74. The van der Waals surface area contributed by atoms with Crippen molar-refractivity contribution in [1.29, 1.82) is 0 Å². The molecule has 0 saturated carbocycles. The number of rotatable bonds is 24. The minimum Gasteiger partial charge on any atom is -0.396 e. The molecule has 0 aliphatic heterocycles. The molecule has 0 rings (SSSR count). The van der Waals surface area contributed by atoms with Crippen molar-refractivity contribution in [2.45, 2.75) is 136 Å². The predicted octanol–water partition coefficient (Wildman–Crippen LogP) is 7.96. The van der Waals surface area contributed by atoms with E-state index in [1.54, 1.807) is 0 Å². The molecule has 0 bridgehead atoms. The summed E-state index contributed by atoms with van der Waals surface area (Å²) in [7, 11) is 0. The van der Waals surface area contributed by atoms with Crippen molar-refractivity contribution in [2.24, 2.45) is 0 Å². The number of ether oxygens (including phenoxy) is 2. The Morgan fingerprint density at radius 3 is 1.66 bits per heavy atom. The first-order chi connectivity index (χ1) is 14.3. The standard InChI is InChI=1S/C26H52O3/c1-3-5-7-16-20-24-28-26(29-25-21-17-8-6-4-2)22-18-14-12-10-9-11-13-15-19-23-27/h13,15,26-27H,3-12,14,16-25H2,1-2H3/b15-13+. The first kappa shape index (κ1) is 28.6. The number of unbranched alkanes of at least 4 members (excludes halogenated alkanes) is 13. The minimum atomic E-state index is 0.00812. The molecule has 0 unspecified atom stereocenters. The molecule has 3 nitrogen and oxygen atoms in total. The van der Waals surface area contributed by atoms with Crippen LogP contribution in [0.3, 0.4) is 0 Å². The van der Waals surface area contributed by atoms with Gasteiger partial charge in [-0.05, 0) is 44.9 Å². The first-order valence-corrected chi connectivity index (χ1v) is 12.8. The van der Waals surface area contributed by atoms with Crippen molar-refractivity contribution >= 4 is 0 Å². The topological polar surface area (TPSA) is 38.7 Å². The molecule has 0 saturated heterocycles. The molecule has 0 atom stereocenters. The van der Waals surface area contributed by atoms with Crippen LogP contribution in [0.5, 0.6) is 0 Å². The molecule has 0 radical (unpaired) electrons. The summed E-state index contributed by atoms with van der Waals surface area (Å²) in [4.78, 5) is 0. The lowest BCUT2D eigenvalue weighted by Gasteiger charge is -2.19. The number of hydrogen-bond donors (Lipinski definition) is 1. The van der Waals surface area contributed by atoms with E-state index in [1.807, 2.05) is 0 Å². The third kappa shape index (κ3) is 23.8. The van der Waals surface area contributed by atoms with Gasteiger partial charge in [-0.3, -0.25) is 0 Å². The third-order valence-electron chi connectivity index (χ3n) is 5.38. The largest absolute Gasteiger partial charge is 0.396 e. The quantitative estimate of drug-likeness (QED) is 0.0992. The Labute approximate surface area is 182 Å². The molecule has 0 fully saturated rings. The van der Waals surface area contributed by atoms with Gasteiger partial charge in [0.1, 0.15) is 0 Å². The van der Waals surface area contributed by atoms with Gasteiger partial charge in [0.25, 0.3) is 0 Å². The summed E-state index contributed by atoms with van der Waals surface area (Å²) < 4.78 is 12.2. The highest BCUT2D eigenvalue weighted by molar-refractivity contribution is 4.80. The van der Waals surface area contributed by atoms with Gasteiger partial charge in [-0.25, -0.2) is 0 Å². The van der Waals surface area contributed by atoms with Crippen LogP contribution in [-0.2, 0) is 9.47 Å². The highest BCUT2D eigenvalue weighted by Gasteiger charge is 2.09. The number of allylic oxidation sites excluding steroid dienone is 1. The Hall–Kier alpha value is -0.380. The highest BCUT2D eigenvalue weighted by atomic mass is 16.7. The summed E-state index contributed by atoms with van der Waals surface area (Å²) in [6.45, 7) is 6.48. The molecule has 1 N–H and O–H groups in total. The van der Waals surface area contributed by atoms with Gasteiger partial charge in [0.15, 0.2) is 6.29 Å². The Morgan fingerprint density at radius 2 is 1.07 bits per heavy atom. The van der Waals surface area contributed by atoms with Gasteiger partial charge < -0.3 is 14.6 Å². The van der Waals surface area contributed by atoms with E-state index in [-0.39, 0.29) is 12.9 Å². The van der Waals surface area contributed by atoms with Crippen LogP contribution in [0.25, 0.3) is 0 Å². The molecule has 174 valence electrons. The van der Waals surface area contributed by atoms with E-state index in [0.29, 0.717) is 0 Å². The Kier molecular flexibility index (Phi) is 25.3. The molecule has 29 heavy (non-hydrogen) atoms. The fourth-order valence-corrected chi connectivity index (χ4v) is 3.47. The maximum Gasteiger partial charge on any atom is 0.157 e. The van der Waals surface area contributed by atoms with E-state index in [9.17, 15) is 0 Å². The lowest BCUT2D eigenvalue weighted by Crippen LogP contribution is -2.19. The summed E-state index contributed by atoms with van der Waals surface area (Å²) in [5.41, 5.74) is 0. The Balaban J connectivity index is 3.79. The molecule has 0 spiro atoms. The van der Waals surface area contributed by atoms with Gasteiger partial charge in [0, 0.05) is 19.8 Å². The van der Waals surface area contributed by atoms with Crippen molar-refractivity contribution in [2.75, 3.05) is 19.8 Å². The van der Waals surface area contributed by atoms with Gasteiger partial charge in [0.2, 0.25) is 0 Å². The maximum atomic E-state index is 8.74. The fourth-order valence-electron chi connectivity index (χ4n) is 3.47. The molecule has 0 aromatic rings. The molecule has 0 aromatic heterocycles. The van der Waals surface area contributed by atoms with Crippen LogP contribution >= 0.6 is 0 Å². The zero-order valence-corrected chi connectivity index (χ0v) is 19.8. The SMILES string of the molecule is CCCCCCCOC(CCCCCCC/C=C/CCO)OCCCCCCC. The molecule has 3 heteroatoms. The Bertz CT molecular complexity index is 301. The van der Waals surface area contributed by atoms with Crippen LogP contribution < -0.4 is 0 Å². The zero-order valence-electron chi connectivity index (χ0n) is 19.8. The molecule has 0 aliphatic carbocycles. The molecule has 0 aromatic carbocycles. The summed E-state index contributed by atoms with van der Waals surface area (Å²) in [6, 6.07) is 0. The third-order valence-corrected chi connectivity index (χ3v) is 5.38. The number of hydrogen-bond acceptors (Lipinski definition) is 3. The zero-order chi connectivity index (χ0) is 21.3. The van der Waals surface area contributed by atoms with E-state index in [1.165, 1.54) is 96.3 Å². The molecule has 0 aliphatic rings. The van der Waals surface area contributed by atoms with Crippen LogP contribution in [0.4, 0.5) is 0 Å². The van der Waals surface area contributed by atoms with E-state index in [4.69, 9.17) is 14.6 Å². The van der Waals surface area contributed by atoms with E-state index in [2.05, 4.69) is 26.0 Å². The Morgan fingerprint density at radius 1 is 0.586 bits per heavy atom. The molecule has 0 amide bonds. The summed E-state index contributed by atoms with van der Waals surface area (Å²) in [5.74, 6) is 0. The molecular formula is C26H52O3. The minimum absolute atomic E-state index is 0.00812. The average Bonchev–Trinajstić information content (AvgIpc) is 2.73. The summed E-state index contributed by atoms with van der Waals surface area (Å²) in [6.07, 6.45) is 26.4. The first-order valence-electron chi connectivity index (χ1n) is 12.8. The average molecular weight is 413 g/mol. The highest BCUT2D eigenvalue weighted by Crippen LogP contribution is 2.14. The second-order valence-corrected chi connectivity index (χ2v) is 8.33. The van der Waals surface area contributed by atoms with Crippen LogP contribution in [0.2, 0.25) is 0 Å². The number of aliphatic hydroxyl groups excluding tert-OH is 1. The van der Waals surface area contributed by atoms with Gasteiger partial charge >= 0.3 is 0 Å². The van der Waals surface area contributed by atoms with Gasteiger partial charge in [-0.2, -0.15) is 0 Å². The van der Waals surface area contributed by atoms with Crippen LogP contribution in [-0.4, -0.2) is 31.2 Å². The van der Waals surface area contributed by atoms with Crippen molar-refractivity contribution in [1.82, 2.24) is 0 Å². The smallest absolute Gasteiger partial charge is 0.157 e. The van der Waals surface area contributed by atoms with Crippen molar-refractivity contribution in [3.8, 4) is 0 Å². The van der Waals surface area contributed by atoms with Gasteiger partial charge in [0.05, 0.1) is 0 Å². The second kappa shape index (κ2) is 25.7.